The molecule has 0 aliphatic carbocycles. The summed E-state index contributed by atoms with van der Waals surface area (Å²) in [6.45, 7) is 0. The van der Waals surface area contributed by atoms with Crippen molar-refractivity contribution in [1.29, 1.82) is 0 Å². The van der Waals surface area contributed by atoms with Crippen LogP contribution in [0, 0.1) is 10.1 Å². The summed E-state index contributed by atoms with van der Waals surface area (Å²) in [7, 11) is 0. The van der Waals surface area contributed by atoms with Crippen LogP contribution in [-0.4, -0.2) is 16.3 Å². The lowest BCUT2D eigenvalue weighted by Gasteiger charge is -2.09. The van der Waals surface area contributed by atoms with Crippen molar-refractivity contribution >= 4 is 54.5 Å². The molecule has 0 radical (unpaired) electrons. The predicted octanol–water partition coefficient (Wildman–Crippen LogP) is 6.80. The Kier molecular flexibility index (Phi) is 6.01. The molecule has 0 fully saturated rings. The zero-order chi connectivity index (χ0) is 21.1. The first-order chi connectivity index (χ1) is 14.5. The van der Waals surface area contributed by atoms with Gasteiger partial charge >= 0.3 is 0 Å². The van der Waals surface area contributed by atoms with Gasteiger partial charge in [-0.25, -0.2) is 0 Å². The van der Waals surface area contributed by atoms with E-state index < -0.39 is 4.92 Å². The van der Waals surface area contributed by atoms with E-state index in [4.69, 9.17) is 0 Å². The van der Waals surface area contributed by atoms with Crippen LogP contribution in [-0.2, 0) is 0 Å². The monoisotopic (exact) mass is 523 g/mol. The molecule has 0 atom stereocenters. The number of non-ortho nitro benzene ring substituents is 1. The minimum Gasteiger partial charge on any atom is -0.258 e. The zero-order valence-electron chi connectivity index (χ0n) is 15.6. The number of nitro groups is 1. The molecule has 1 aliphatic rings. The second-order valence-electron chi connectivity index (χ2n) is 6.70. The molecule has 30 heavy (non-hydrogen) atoms. The van der Waals surface area contributed by atoms with Crippen molar-refractivity contribution in [3.05, 3.63) is 115 Å². The highest BCUT2D eigenvalue weighted by atomic mass is 79.9. The van der Waals surface area contributed by atoms with E-state index in [0.29, 0.717) is 6.42 Å². The van der Waals surface area contributed by atoms with E-state index in [0.717, 1.165) is 42.6 Å². The molecule has 0 aromatic heterocycles. The maximum atomic E-state index is 11.0. The van der Waals surface area contributed by atoms with Gasteiger partial charge in [-0.15, -0.1) is 0 Å². The van der Waals surface area contributed by atoms with Gasteiger partial charge in [0, 0.05) is 33.1 Å². The second kappa shape index (κ2) is 8.85. The first-order valence-corrected chi connectivity index (χ1v) is 10.7. The van der Waals surface area contributed by atoms with Crippen LogP contribution in [0.5, 0.6) is 0 Å². The highest BCUT2D eigenvalue weighted by Crippen LogP contribution is 2.27. The number of hydrogen-bond acceptors (Lipinski definition) is 4. The summed E-state index contributed by atoms with van der Waals surface area (Å²) in [5.41, 5.74) is 5.45. The second-order valence-corrected chi connectivity index (χ2v) is 8.53. The molecule has 4 rings (SSSR count). The molecule has 7 heteroatoms. The molecular formula is C23H15Br2N3O2. The Morgan fingerprint density at radius 2 is 1.27 bits per heavy atom. The van der Waals surface area contributed by atoms with Crippen molar-refractivity contribution < 1.29 is 4.92 Å². The molecular weight excluding hydrogens is 510 g/mol. The first-order valence-electron chi connectivity index (χ1n) is 9.11. The summed E-state index contributed by atoms with van der Waals surface area (Å²) in [5.74, 6) is 0. The van der Waals surface area contributed by atoms with E-state index in [1.165, 1.54) is 12.1 Å². The average molecular weight is 525 g/mol. The van der Waals surface area contributed by atoms with Crippen molar-refractivity contribution in [2.75, 3.05) is 0 Å². The van der Waals surface area contributed by atoms with Crippen LogP contribution in [0.15, 0.2) is 98.0 Å². The maximum Gasteiger partial charge on any atom is 0.269 e. The fraction of sp³-hybridized carbons (Fsp3) is 0.0435. The Balaban J connectivity index is 1.79. The maximum absolute atomic E-state index is 11.0. The smallest absolute Gasteiger partial charge is 0.258 e. The molecule has 148 valence electrons. The number of allylic oxidation sites excluding steroid dienone is 2. The molecule has 1 aliphatic heterocycles. The summed E-state index contributed by atoms with van der Waals surface area (Å²) in [4.78, 5) is 10.6. The van der Waals surface area contributed by atoms with Gasteiger partial charge in [0.15, 0.2) is 0 Å². The number of rotatable bonds is 4. The van der Waals surface area contributed by atoms with E-state index in [2.05, 4.69) is 42.1 Å². The predicted molar refractivity (Wildman–Crippen MR) is 127 cm³/mol. The Morgan fingerprint density at radius 1 is 0.733 bits per heavy atom. The van der Waals surface area contributed by atoms with Crippen molar-refractivity contribution in [3.63, 3.8) is 0 Å². The van der Waals surface area contributed by atoms with Crippen LogP contribution in [0.4, 0.5) is 5.69 Å². The number of nitro benzene ring substituents is 1. The molecule has 0 N–H and O–H groups in total. The summed E-state index contributed by atoms with van der Waals surface area (Å²) in [6.07, 6.45) is 2.56. The number of hydrogen-bond donors (Lipinski definition) is 0. The van der Waals surface area contributed by atoms with Crippen LogP contribution < -0.4 is 0 Å². The van der Waals surface area contributed by atoms with Gasteiger partial charge in [-0.3, -0.25) is 10.1 Å². The van der Waals surface area contributed by atoms with Crippen molar-refractivity contribution in [2.45, 2.75) is 6.42 Å². The Labute approximate surface area is 190 Å². The lowest BCUT2D eigenvalue weighted by molar-refractivity contribution is -0.384. The van der Waals surface area contributed by atoms with Crippen LogP contribution in [0.2, 0.25) is 0 Å². The standard InChI is InChI=1S/C23H15Br2N3O2/c24-19-7-1-16(2-8-19)22-13-18(15-5-11-21(12-6-15)28(29)30)14-23(27-26-22)17-3-9-20(25)10-4-17/h1-13H,14H2. The van der Waals surface area contributed by atoms with E-state index in [1.54, 1.807) is 12.1 Å². The van der Waals surface area contributed by atoms with E-state index in [1.807, 2.05) is 54.6 Å². The minimum atomic E-state index is -0.394. The van der Waals surface area contributed by atoms with Gasteiger partial charge in [-0.1, -0.05) is 56.1 Å². The van der Waals surface area contributed by atoms with Crippen LogP contribution in [0.1, 0.15) is 23.1 Å². The molecule has 1 heterocycles. The van der Waals surface area contributed by atoms with Gasteiger partial charge < -0.3 is 0 Å². The van der Waals surface area contributed by atoms with Gasteiger partial charge in [0.1, 0.15) is 0 Å². The summed E-state index contributed by atoms with van der Waals surface area (Å²) in [6, 6.07) is 22.4. The lowest BCUT2D eigenvalue weighted by atomic mass is 9.94. The SMILES string of the molecule is O=[N+]([O-])c1ccc(C2=CC(c3ccc(Br)cc3)=NN=C(c3ccc(Br)cc3)C2)cc1. The third-order valence-corrected chi connectivity index (χ3v) is 5.77. The summed E-state index contributed by atoms with van der Waals surface area (Å²) < 4.78 is 1.98. The highest BCUT2D eigenvalue weighted by Gasteiger charge is 2.16. The molecule has 0 unspecified atom stereocenters. The number of nitrogens with zero attached hydrogens (tertiary/aromatic N) is 3. The topological polar surface area (TPSA) is 67.9 Å². The fourth-order valence-electron chi connectivity index (χ4n) is 3.12. The van der Waals surface area contributed by atoms with E-state index in [-0.39, 0.29) is 5.69 Å². The highest BCUT2D eigenvalue weighted by molar-refractivity contribution is 9.10. The molecule has 0 saturated heterocycles. The van der Waals surface area contributed by atoms with Crippen LogP contribution >= 0.6 is 31.9 Å². The Bertz CT molecular complexity index is 1180. The molecule has 0 spiro atoms. The van der Waals surface area contributed by atoms with E-state index >= 15 is 0 Å². The third kappa shape index (κ3) is 4.63. The van der Waals surface area contributed by atoms with Gasteiger partial charge in [-0.05, 0) is 59.2 Å². The van der Waals surface area contributed by atoms with E-state index in [9.17, 15) is 10.1 Å². The molecule has 0 amide bonds. The van der Waals surface area contributed by atoms with Gasteiger partial charge in [0.25, 0.3) is 5.69 Å². The molecule has 5 nitrogen and oxygen atoms in total. The number of halogens is 2. The van der Waals surface area contributed by atoms with Gasteiger partial charge in [0.2, 0.25) is 0 Å². The quantitative estimate of drug-likeness (QED) is 0.278. The Morgan fingerprint density at radius 3 is 1.83 bits per heavy atom. The third-order valence-electron chi connectivity index (χ3n) is 4.71. The molecule has 0 saturated carbocycles. The normalized spacial score (nSPS) is 13.7. The lowest BCUT2D eigenvalue weighted by Crippen LogP contribution is -2.02. The van der Waals surface area contributed by atoms with Crippen molar-refractivity contribution in [1.82, 2.24) is 0 Å². The van der Waals surface area contributed by atoms with Gasteiger partial charge in [-0.2, -0.15) is 10.2 Å². The van der Waals surface area contributed by atoms with Crippen LogP contribution in [0.25, 0.3) is 5.57 Å². The molecule has 0 bridgehead atoms. The Hall–Kier alpha value is -2.90. The van der Waals surface area contributed by atoms with Crippen LogP contribution in [0.3, 0.4) is 0 Å². The summed E-state index contributed by atoms with van der Waals surface area (Å²) in [5, 5.41) is 20.1. The largest absolute Gasteiger partial charge is 0.269 e. The fourth-order valence-corrected chi connectivity index (χ4v) is 3.65. The van der Waals surface area contributed by atoms with Gasteiger partial charge in [0.05, 0.1) is 16.3 Å². The average Bonchev–Trinajstić information content (AvgIpc) is 2.98. The summed E-state index contributed by atoms with van der Waals surface area (Å²) >= 11 is 6.92. The molecule has 3 aromatic rings. The van der Waals surface area contributed by atoms with Crippen molar-refractivity contribution in [2.24, 2.45) is 10.2 Å². The zero-order valence-corrected chi connectivity index (χ0v) is 18.8. The van der Waals surface area contributed by atoms with Crippen molar-refractivity contribution in [3.8, 4) is 0 Å². The minimum absolute atomic E-state index is 0.0663. The first kappa shape index (κ1) is 20.4. The molecule has 3 aromatic carbocycles. The number of benzene rings is 3.